The first kappa shape index (κ1) is 11.3. The highest BCUT2D eigenvalue weighted by molar-refractivity contribution is 7.47. The van der Waals surface area contributed by atoms with Gasteiger partial charge in [0.1, 0.15) is 0 Å². The van der Waals surface area contributed by atoms with Gasteiger partial charge in [0.05, 0.1) is 13.0 Å². The second kappa shape index (κ2) is 5.03. The largest absolute Gasteiger partial charge is 0.502 e. The van der Waals surface area contributed by atoms with Gasteiger partial charge in [0.15, 0.2) is 0 Å². The number of rotatable bonds is 5. The van der Waals surface area contributed by atoms with Crippen LogP contribution in [0.2, 0.25) is 0 Å². The summed E-state index contributed by atoms with van der Waals surface area (Å²) in [4.78, 5) is 12.3. The van der Waals surface area contributed by atoms with Gasteiger partial charge in [-0.2, -0.15) is 0 Å². The first-order valence-corrected chi connectivity index (χ1v) is 4.48. The lowest BCUT2D eigenvalue weighted by atomic mass is 10.8. The van der Waals surface area contributed by atoms with E-state index in [1.807, 2.05) is 0 Å². The highest BCUT2D eigenvalue weighted by Crippen LogP contribution is 2.44. The Kier molecular flexibility index (Phi) is 5.16. The Morgan fingerprint density at radius 3 is 2.73 bits per heavy atom. The maximum absolute atomic E-state index is 12.1. The number of phosphoric acid groups is 1. The quantitative estimate of drug-likeness (QED) is 0.318. The number of alkyl halides is 2. The number of halogens is 2. The van der Waals surface area contributed by atoms with Gasteiger partial charge < -0.3 is 4.89 Å². The fourth-order valence-corrected chi connectivity index (χ4v) is 1.02. The molecular weight excluding hydrogens is 201 g/mol. The molecule has 0 fully saturated rings. The second-order valence-corrected chi connectivity index (χ2v) is 2.99. The molecule has 1 N–H and O–H groups in total. The molecule has 2 unspecified atom stereocenters. The van der Waals surface area contributed by atoms with Crippen molar-refractivity contribution in [3.05, 3.63) is 0 Å². The molecule has 5 nitrogen and oxygen atoms in total. The van der Waals surface area contributed by atoms with E-state index in [4.69, 9.17) is 16.5 Å². The van der Waals surface area contributed by atoms with Crippen LogP contribution in [0, 0.1) is 0 Å². The summed E-state index contributed by atoms with van der Waals surface area (Å²) in [7, 11) is -3.46. The van der Waals surface area contributed by atoms with Gasteiger partial charge in [-0.25, -0.2) is 18.4 Å². The Labute approximate surface area is 67.6 Å². The van der Waals surface area contributed by atoms with Crippen LogP contribution in [0.15, 0.2) is 0 Å². The Hall–Kier alpha value is 0.290. The third-order valence-electron chi connectivity index (χ3n) is 0.538. The summed E-state index contributed by atoms with van der Waals surface area (Å²) in [6, 6.07) is 0. The molecule has 11 heavy (non-hydrogen) atoms. The third-order valence-corrected chi connectivity index (χ3v) is 1.61. The molecule has 0 saturated carbocycles. The maximum Gasteiger partial charge on any atom is 0.502 e. The van der Waals surface area contributed by atoms with Crippen LogP contribution in [0.25, 0.3) is 0 Å². The molecule has 0 aliphatic rings. The van der Waals surface area contributed by atoms with Crippen LogP contribution in [0.3, 0.4) is 0 Å². The molecular formula is C3H7ClFO5P. The van der Waals surface area contributed by atoms with Crippen molar-refractivity contribution in [3.63, 3.8) is 0 Å². The van der Waals surface area contributed by atoms with Crippen molar-refractivity contribution in [2.24, 2.45) is 0 Å². The summed E-state index contributed by atoms with van der Waals surface area (Å²) in [6.07, 6.45) is -2.05. The first-order valence-electron chi connectivity index (χ1n) is 2.45. The predicted octanol–water partition coefficient (Wildman–Crippen LogP) is 1.22. The summed E-state index contributed by atoms with van der Waals surface area (Å²) < 4.78 is 30.1. The Bertz CT molecular complexity index is 155. The van der Waals surface area contributed by atoms with Gasteiger partial charge in [0.25, 0.3) is 0 Å². The van der Waals surface area contributed by atoms with Gasteiger partial charge >= 0.3 is 7.82 Å². The van der Waals surface area contributed by atoms with Crippen molar-refractivity contribution in [2.45, 2.75) is 6.36 Å². The fraction of sp³-hybridized carbons (Fsp3) is 1.00. The van der Waals surface area contributed by atoms with E-state index < -0.39 is 20.1 Å². The van der Waals surface area contributed by atoms with Crippen molar-refractivity contribution >= 4 is 19.4 Å². The van der Waals surface area contributed by atoms with E-state index in [2.05, 4.69) is 14.1 Å². The van der Waals surface area contributed by atoms with Crippen molar-refractivity contribution < 1.29 is 27.9 Å². The molecule has 0 saturated heterocycles. The lowest BCUT2D eigenvalue weighted by Gasteiger charge is -2.10. The summed E-state index contributed by atoms with van der Waals surface area (Å²) >= 11 is 4.93. The van der Waals surface area contributed by atoms with Gasteiger partial charge in [0, 0.05) is 0 Å². The molecule has 0 bridgehead atoms. The topological polar surface area (TPSA) is 65.0 Å². The summed E-state index contributed by atoms with van der Waals surface area (Å²) in [5, 5.41) is 0. The molecule has 0 heterocycles. The summed E-state index contributed by atoms with van der Waals surface area (Å²) in [5.74, 6) is -0.558. The number of hydrogen-bond acceptors (Lipinski definition) is 4. The minimum atomic E-state index is -4.45. The van der Waals surface area contributed by atoms with Gasteiger partial charge in [-0.3, -0.25) is 0 Å². The molecule has 0 aromatic heterocycles. The third kappa shape index (κ3) is 5.55. The van der Waals surface area contributed by atoms with E-state index in [1.54, 1.807) is 0 Å². The molecule has 0 rings (SSSR count). The van der Waals surface area contributed by atoms with Crippen LogP contribution in [0.1, 0.15) is 0 Å². The normalized spacial score (nSPS) is 19.3. The Morgan fingerprint density at radius 2 is 2.36 bits per heavy atom. The summed E-state index contributed by atoms with van der Waals surface area (Å²) in [6.45, 7) is 0. The van der Waals surface area contributed by atoms with Crippen molar-refractivity contribution in [3.8, 4) is 0 Å². The first-order chi connectivity index (χ1) is 5.02. The fourth-order valence-electron chi connectivity index (χ4n) is 0.284. The molecule has 0 aromatic rings. The molecule has 0 aromatic carbocycles. The molecule has 0 spiro atoms. The van der Waals surface area contributed by atoms with Gasteiger partial charge in [-0.15, -0.1) is 16.3 Å². The Balaban J connectivity index is 3.81. The van der Waals surface area contributed by atoms with E-state index >= 15 is 0 Å². The zero-order valence-electron chi connectivity index (χ0n) is 5.57. The average Bonchev–Trinajstić information content (AvgIpc) is 1.86. The van der Waals surface area contributed by atoms with Crippen LogP contribution in [0.4, 0.5) is 4.39 Å². The number of phosphoric ester groups is 1. The molecule has 2 atom stereocenters. The monoisotopic (exact) mass is 208 g/mol. The van der Waals surface area contributed by atoms with Crippen molar-refractivity contribution in [1.82, 2.24) is 0 Å². The lowest BCUT2D eigenvalue weighted by molar-refractivity contribution is -0.203. The van der Waals surface area contributed by atoms with Gasteiger partial charge in [-0.05, 0) is 0 Å². The smallest absolute Gasteiger partial charge is 0.301 e. The van der Waals surface area contributed by atoms with E-state index in [1.165, 1.54) is 0 Å². The van der Waals surface area contributed by atoms with Gasteiger partial charge in [-0.1, -0.05) is 0 Å². The highest BCUT2D eigenvalue weighted by atomic mass is 35.5. The minimum absolute atomic E-state index is 0.558. The van der Waals surface area contributed by atoms with E-state index in [0.717, 1.165) is 7.11 Å². The van der Waals surface area contributed by atoms with E-state index in [0.29, 0.717) is 0 Å². The second-order valence-electron chi connectivity index (χ2n) is 1.38. The number of hydrogen-bond donors (Lipinski definition) is 1. The van der Waals surface area contributed by atoms with E-state index in [9.17, 15) is 8.96 Å². The van der Waals surface area contributed by atoms with Crippen LogP contribution in [0.5, 0.6) is 0 Å². The zero-order chi connectivity index (χ0) is 8.91. The van der Waals surface area contributed by atoms with Gasteiger partial charge in [0.2, 0.25) is 6.36 Å². The van der Waals surface area contributed by atoms with Crippen LogP contribution < -0.4 is 0 Å². The summed E-state index contributed by atoms with van der Waals surface area (Å²) in [5.41, 5.74) is 0. The maximum atomic E-state index is 12.1. The zero-order valence-corrected chi connectivity index (χ0v) is 7.22. The van der Waals surface area contributed by atoms with Crippen LogP contribution >= 0.6 is 19.4 Å². The predicted molar refractivity (Wildman–Crippen MR) is 34.6 cm³/mol. The molecule has 0 aliphatic heterocycles. The standard InChI is InChI=1S/C3H7ClFO5P/c1-8-10-11(6,7)9-3(5)2-4/h3H,2H2,1H3,(H,6,7). The molecule has 68 valence electrons. The highest BCUT2D eigenvalue weighted by Gasteiger charge is 2.26. The average molecular weight is 209 g/mol. The van der Waals surface area contributed by atoms with E-state index in [-0.39, 0.29) is 0 Å². The van der Waals surface area contributed by atoms with Crippen molar-refractivity contribution in [2.75, 3.05) is 13.0 Å². The van der Waals surface area contributed by atoms with Crippen molar-refractivity contribution in [1.29, 1.82) is 0 Å². The minimum Gasteiger partial charge on any atom is -0.301 e. The molecule has 0 aliphatic carbocycles. The molecule has 0 radical (unpaired) electrons. The molecule has 0 amide bonds. The SMILES string of the molecule is COOP(=O)(O)OC(F)CCl. The Morgan fingerprint density at radius 1 is 1.82 bits per heavy atom. The van der Waals surface area contributed by atoms with Crippen LogP contribution in [-0.2, 0) is 18.7 Å². The molecule has 8 heteroatoms. The lowest BCUT2D eigenvalue weighted by Crippen LogP contribution is -2.07. The van der Waals surface area contributed by atoms with Crippen LogP contribution in [-0.4, -0.2) is 24.2 Å².